The van der Waals surface area contributed by atoms with E-state index in [1.165, 1.54) is 36.4 Å². The molecule has 1 aliphatic heterocycles. The molecule has 10 heteroatoms. The SMILES string of the molecule is O=C1C(=O)N(c2ccc(OC(F)(F)F)cc2)C(c2cccc(F)c2)/C1=C(\O)c1ccc(Cl)cc1. The molecule has 174 valence electrons. The molecule has 34 heavy (non-hydrogen) atoms. The number of aliphatic hydroxyl groups is 1. The van der Waals surface area contributed by atoms with Crippen LogP contribution in [0.3, 0.4) is 0 Å². The van der Waals surface area contributed by atoms with Crippen LogP contribution >= 0.6 is 11.6 Å². The number of carbonyl (C=O) groups is 2. The normalized spacial score (nSPS) is 17.8. The van der Waals surface area contributed by atoms with E-state index < -0.39 is 41.4 Å². The molecule has 1 unspecified atom stereocenters. The van der Waals surface area contributed by atoms with Crippen molar-refractivity contribution < 1.29 is 37.0 Å². The first-order valence-electron chi connectivity index (χ1n) is 9.73. The van der Waals surface area contributed by atoms with Crippen molar-refractivity contribution in [3.05, 3.63) is 100 Å². The number of Topliss-reactive ketones (excluding diaryl/α,β-unsaturated/α-hetero) is 1. The first-order valence-corrected chi connectivity index (χ1v) is 10.1. The van der Waals surface area contributed by atoms with Crippen molar-refractivity contribution in [1.29, 1.82) is 0 Å². The number of ether oxygens (including phenoxy) is 1. The quantitative estimate of drug-likeness (QED) is 0.210. The molecule has 5 nitrogen and oxygen atoms in total. The van der Waals surface area contributed by atoms with Gasteiger partial charge >= 0.3 is 6.36 Å². The maximum Gasteiger partial charge on any atom is 0.573 e. The number of anilines is 1. The Morgan fingerprint density at radius 1 is 0.971 bits per heavy atom. The standard InChI is InChI=1S/C24H14ClF4NO4/c25-15-6-4-13(5-7-15)21(31)19-20(14-2-1-3-16(26)12-14)30(23(33)22(19)32)17-8-10-18(11-9-17)34-24(27,28)29/h1-12,20,31H/b21-19+. The molecule has 1 saturated heterocycles. The van der Waals surface area contributed by atoms with E-state index in [0.29, 0.717) is 5.02 Å². The van der Waals surface area contributed by atoms with Crippen LogP contribution in [0.15, 0.2) is 78.4 Å². The molecule has 0 saturated carbocycles. The third-order valence-electron chi connectivity index (χ3n) is 5.07. The average Bonchev–Trinajstić information content (AvgIpc) is 3.04. The van der Waals surface area contributed by atoms with E-state index in [2.05, 4.69) is 4.74 Å². The van der Waals surface area contributed by atoms with Crippen LogP contribution in [0.1, 0.15) is 17.2 Å². The van der Waals surface area contributed by atoms with Gasteiger partial charge in [-0.25, -0.2) is 4.39 Å². The van der Waals surface area contributed by atoms with Gasteiger partial charge in [-0.1, -0.05) is 23.7 Å². The number of nitrogens with zero attached hydrogens (tertiary/aromatic N) is 1. The molecule has 0 spiro atoms. The number of hydrogen-bond donors (Lipinski definition) is 1. The molecule has 1 fully saturated rings. The zero-order valence-electron chi connectivity index (χ0n) is 17.0. The Kier molecular flexibility index (Phi) is 6.05. The van der Waals surface area contributed by atoms with Gasteiger partial charge in [0, 0.05) is 16.3 Å². The zero-order valence-corrected chi connectivity index (χ0v) is 17.8. The van der Waals surface area contributed by atoms with Crippen LogP contribution in [0.4, 0.5) is 23.2 Å². The van der Waals surface area contributed by atoms with Gasteiger partial charge in [-0.3, -0.25) is 14.5 Å². The predicted octanol–water partition coefficient (Wildman–Crippen LogP) is 6.00. The Balaban J connectivity index is 1.86. The van der Waals surface area contributed by atoms with Crippen molar-refractivity contribution in [2.75, 3.05) is 4.90 Å². The lowest BCUT2D eigenvalue weighted by Crippen LogP contribution is -2.29. The number of alkyl halides is 3. The zero-order chi connectivity index (χ0) is 24.6. The minimum absolute atomic E-state index is 0.0426. The summed E-state index contributed by atoms with van der Waals surface area (Å²) < 4.78 is 55.4. The number of aliphatic hydroxyl groups excluding tert-OH is 1. The second kappa shape index (κ2) is 8.83. The summed E-state index contributed by atoms with van der Waals surface area (Å²) in [5.74, 6) is -3.78. The molecule has 0 aliphatic carbocycles. The van der Waals surface area contributed by atoms with Crippen molar-refractivity contribution in [1.82, 2.24) is 0 Å². The maximum atomic E-state index is 14.0. The van der Waals surface area contributed by atoms with Crippen LogP contribution in [0.5, 0.6) is 5.75 Å². The minimum atomic E-state index is -4.91. The van der Waals surface area contributed by atoms with E-state index in [0.717, 1.165) is 41.3 Å². The van der Waals surface area contributed by atoms with Gasteiger partial charge in [0.1, 0.15) is 17.3 Å². The molecule has 1 N–H and O–H groups in total. The number of hydrogen-bond acceptors (Lipinski definition) is 4. The fourth-order valence-corrected chi connectivity index (χ4v) is 3.79. The van der Waals surface area contributed by atoms with E-state index in [4.69, 9.17) is 11.6 Å². The number of halogens is 5. The van der Waals surface area contributed by atoms with Crippen LogP contribution in [0.2, 0.25) is 5.02 Å². The average molecular weight is 492 g/mol. The monoisotopic (exact) mass is 491 g/mol. The van der Waals surface area contributed by atoms with Crippen molar-refractivity contribution in [2.45, 2.75) is 12.4 Å². The minimum Gasteiger partial charge on any atom is -0.507 e. The van der Waals surface area contributed by atoms with Gasteiger partial charge in [0.05, 0.1) is 11.6 Å². The first-order chi connectivity index (χ1) is 16.0. The van der Waals surface area contributed by atoms with E-state index in [-0.39, 0.29) is 22.4 Å². The number of benzene rings is 3. The molecule has 4 rings (SSSR count). The molecular weight excluding hydrogens is 478 g/mol. The van der Waals surface area contributed by atoms with Crippen LogP contribution in [-0.4, -0.2) is 23.2 Å². The van der Waals surface area contributed by atoms with Crippen molar-refractivity contribution in [3.8, 4) is 5.75 Å². The molecule has 0 radical (unpaired) electrons. The van der Waals surface area contributed by atoms with Gasteiger partial charge in [0.2, 0.25) is 0 Å². The smallest absolute Gasteiger partial charge is 0.507 e. The van der Waals surface area contributed by atoms with Gasteiger partial charge in [0.15, 0.2) is 0 Å². The highest BCUT2D eigenvalue weighted by atomic mass is 35.5. The molecule has 0 bridgehead atoms. The van der Waals surface area contributed by atoms with Crippen LogP contribution < -0.4 is 9.64 Å². The van der Waals surface area contributed by atoms with Gasteiger partial charge in [-0.15, -0.1) is 13.2 Å². The Hall–Kier alpha value is -3.85. The second-order valence-corrected chi connectivity index (χ2v) is 7.71. The second-order valence-electron chi connectivity index (χ2n) is 7.27. The number of rotatable bonds is 4. The Morgan fingerprint density at radius 3 is 2.21 bits per heavy atom. The van der Waals surface area contributed by atoms with Gasteiger partial charge in [-0.2, -0.15) is 0 Å². The van der Waals surface area contributed by atoms with Crippen LogP contribution in [0, 0.1) is 5.82 Å². The summed E-state index contributed by atoms with van der Waals surface area (Å²) in [6.45, 7) is 0. The summed E-state index contributed by atoms with van der Waals surface area (Å²) in [4.78, 5) is 27.0. The molecule has 1 amide bonds. The largest absolute Gasteiger partial charge is 0.573 e. The molecule has 0 aromatic heterocycles. The lowest BCUT2D eigenvalue weighted by molar-refractivity contribution is -0.274. The van der Waals surface area contributed by atoms with E-state index in [9.17, 15) is 32.3 Å². The number of ketones is 1. The third kappa shape index (κ3) is 4.60. The Bertz CT molecular complexity index is 1290. The summed E-state index contributed by atoms with van der Waals surface area (Å²) in [7, 11) is 0. The summed E-state index contributed by atoms with van der Waals surface area (Å²) in [6, 6.07) is 13.9. The van der Waals surface area contributed by atoms with E-state index in [1.807, 2.05) is 0 Å². The first kappa shape index (κ1) is 23.3. The lowest BCUT2D eigenvalue weighted by Gasteiger charge is -2.25. The van der Waals surface area contributed by atoms with Gasteiger partial charge < -0.3 is 9.84 Å². The third-order valence-corrected chi connectivity index (χ3v) is 5.33. The molecule has 3 aromatic carbocycles. The van der Waals surface area contributed by atoms with Gasteiger partial charge in [-0.05, 0) is 66.2 Å². The molecule has 3 aromatic rings. The van der Waals surface area contributed by atoms with Crippen molar-refractivity contribution in [3.63, 3.8) is 0 Å². The highest BCUT2D eigenvalue weighted by Crippen LogP contribution is 2.42. The fourth-order valence-electron chi connectivity index (χ4n) is 3.66. The molecular formula is C24H14ClF4NO4. The lowest BCUT2D eigenvalue weighted by atomic mass is 9.95. The topological polar surface area (TPSA) is 66.8 Å². The maximum absolute atomic E-state index is 14.0. The Labute approximate surface area is 195 Å². The molecule has 1 aliphatic rings. The molecule has 1 heterocycles. The Morgan fingerprint density at radius 2 is 1.62 bits per heavy atom. The summed E-state index contributed by atoms with van der Waals surface area (Å²) in [5, 5.41) is 11.3. The van der Waals surface area contributed by atoms with Crippen LogP contribution in [0.25, 0.3) is 5.76 Å². The van der Waals surface area contributed by atoms with E-state index >= 15 is 0 Å². The highest BCUT2D eigenvalue weighted by molar-refractivity contribution is 6.51. The summed E-state index contributed by atoms with van der Waals surface area (Å²) >= 11 is 5.88. The van der Waals surface area contributed by atoms with Gasteiger partial charge in [0.25, 0.3) is 11.7 Å². The molecule has 1 atom stereocenters. The van der Waals surface area contributed by atoms with Crippen LogP contribution in [-0.2, 0) is 9.59 Å². The van der Waals surface area contributed by atoms with E-state index in [1.54, 1.807) is 0 Å². The predicted molar refractivity (Wildman–Crippen MR) is 116 cm³/mol. The number of amides is 1. The fraction of sp³-hybridized carbons (Fsp3) is 0.0833. The van der Waals surface area contributed by atoms with Crippen molar-refractivity contribution in [2.24, 2.45) is 0 Å². The number of carbonyl (C=O) groups excluding carboxylic acids is 2. The summed E-state index contributed by atoms with van der Waals surface area (Å²) in [5.41, 5.74) is 0.0950. The summed E-state index contributed by atoms with van der Waals surface area (Å²) in [6.07, 6.45) is -4.91. The highest BCUT2D eigenvalue weighted by Gasteiger charge is 2.47. The van der Waals surface area contributed by atoms with Crippen molar-refractivity contribution >= 4 is 34.7 Å².